The maximum atomic E-state index is 13.0. The number of hydrogen-bond acceptors (Lipinski definition) is 10. The lowest BCUT2D eigenvalue weighted by molar-refractivity contribution is -0.145. The number of aliphatic imine (C=N–C) groups is 2. The zero-order valence-corrected chi connectivity index (χ0v) is 35.5. The lowest BCUT2D eigenvalue weighted by atomic mass is 9.92. The average Bonchev–Trinajstić information content (AvgIpc) is 3.24. The Labute approximate surface area is 357 Å². The van der Waals surface area contributed by atoms with Gasteiger partial charge in [0.25, 0.3) is 0 Å². The number of methoxy groups -OCH3 is 2. The van der Waals surface area contributed by atoms with E-state index < -0.39 is 24.0 Å². The fourth-order valence-electron chi connectivity index (χ4n) is 6.43. The van der Waals surface area contributed by atoms with Gasteiger partial charge in [0.15, 0.2) is 11.9 Å². The summed E-state index contributed by atoms with van der Waals surface area (Å²) in [5.41, 5.74) is 18.1. The Bertz CT molecular complexity index is 2110. The van der Waals surface area contributed by atoms with Gasteiger partial charge in [0.2, 0.25) is 11.8 Å². The highest BCUT2D eigenvalue weighted by atomic mass is 127. The SMILES string of the molecule is COC(=O)[C@@H](CCCN=C(N)N)NC(=O)CCCOc1ccc2ccccc2c1-c1c(OCCCC(=O)N[C@H](CCCN=C(N)NI)C(=O)OC)ccc2ccccc12. The predicted octanol–water partition coefficient (Wildman–Crippen LogP) is 4.38. The number of ether oxygens (including phenoxy) is 4. The van der Waals surface area contributed by atoms with Gasteiger partial charge in [-0.05, 0) is 72.2 Å². The van der Waals surface area contributed by atoms with Crippen molar-refractivity contribution < 1.29 is 38.1 Å². The number of rotatable bonds is 23. The molecule has 0 bridgehead atoms. The van der Waals surface area contributed by atoms with Crippen LogP contribution in [0.15, 0.2) is 82.8 Å². The molecular formula is C42H53IN8O8. The second kappa shape index (κ2) is 24.2. The van der Waals surface area contributed by atoms with Crippen LogP contribution < -0.4 is 40.8 Å². The van der Waals surface area contributed by atoms with E-state index >= 15 is 0 Å². The maximum Gasteiger partial charge on any atom is 0.328 e. The Balaban J connectivity index is 1.47. The highest BCUT2D eigenvalue weighted by Gasteiger charge is 2.23. The smallest absolute Gasteiger partial charge is 0.328 e. The molecule has 316 valence electrons. The Hall–Kier alpha value is -5.85. The quantitative estimate of drug-likeness (QED) is 0.0152. The van der Waals surface area contributed by atoms with Gasteiger partial charge in [-0.2, -0.15) is 0 Å². The molecule has 16 nitrogen and oxygen atoms in total. The number of carbonyl (C=O) groups excluding carboxylic acids is 4. The van der Waals surface area contributed by atoms with E-state index in [-0.39, 0.29) is 49.8 Å². The number of fused-ring (bicyclic) bond motifs is 2. The van der Waals surface area contributed by atoms with Crippen molar-refractivity contribution in [3.63, 3.8) is 0 Å². The fraction of sp³-hybridized carbons (Fsp3) is 0.381. The monoisotopic (exact) mass is 924 g/mol. The molecule has 17 heteroatoms. The van der Waals surface area contributed by atoms with E-state index in [1.165, 1.54) is 14.2 Å². The summed E-state index contributed by atoms with van der Waals surface area (Å²) in [6.45, 7) is 1.14. The summed E-state index contributed by atoms with van der Waals surface area (Å²) in [6.07, 6.45) is 2.63. The molecule has 0 unspecified atom stereocenters. The number of halogens is 1. The van der Waals surface area contributed by atoms with Gasteiger partial charge in [-0.3, -0.25) is 23.1 Å². The molecule has 0 fully saturated rings. The number of nitrogens with zero attached hydrogens (tertiary/aromatic N) is 2. The van der Waals surface area contributed by atoms with Crippen LogP contribution in [0.1, 0.15) is 51.4 Å². The van der Waals surface area contributed by atoms with Gasteiger partial charge in [-0.15, -0.1) is 0 Å². The first kappa shape index (κ1) is 45.8. The van der Waals surface area contributed by atoms with E-state index in [1.807, 2.05) is 95.7 Å². The average molecular weight is 925 g/mol. The van der Waals surface area contributed by atoms with Crippen molar-refractivity contribution in [3.05, 3.63) is 72.8 Å². The summed E-state index contributed by atoms with van der Waals surface area (Å²) >= 11 is 1.88. The number of esters is 2. The van der Waals surface area contributed by atoms with Gasteiger partial charge in [0, 0.05) is 37.1 Å². The van der Waals surface area contributed by atoms with E-state index in [4.69, 9.17) is 36.1 Å². The number of benzene rings is 4. The van der Waals surface area contributed by atoms with Gasteiger partial charge < -0.3 is 46.8 Å². The minimum absolute atomic E-state index is 0.0435. The van der Waals surface area contributed by atoms with E-state index in [9.17, 15) is 19.2 Å². The van der Waals surface area contributed by atoms with Crippen LogP contribution in [0.4, 0.5) is 0 Å². The molecule has 2 atom stereocenters. The topological polar surface area (TPSA) is 244 Å². The highest BCUT2D eigenvalue weighted by Crippen LogP contribution is 2.45. The highest BCUT2D eigenvalue weighted by molar-refractivity contribution is 14.1. The third-order valence-corrected chi connectivity index (χ3v) is 9.81. The van der Waals surface area contributed by atoms with Crippen LogP contribution in [0.3, 0.4) is 0 Å². The number of carbonyl (C=O) groups is 4. The number of guanidine groups is 2. The molecular weight excluding hydrogens is 871 g/mol. The third kappa shape index (κ3) is 14.2. The molecule has 0 aromatic heterocycles. The normalized spacial score (nSPS) is 12.2. The largest absolute Gasteiger partial charge is 0.493 e. The van der Waals surface area contributed by atoms with Gasteiger partial charge in [0.05, 0.1) is 50.3 Å². The van der Waals surface area contributed by atoms with Crippen molar-refractivity contribution in [3.8, 4) is 22.6 Å². The van der Waals surface area contributed by atoms with Crippen LogP contribution in [0.5, 0.6) is 11.5 Å². The van der Waals surface area contributed by atoms with Crippen molar-refractivity contribution in [1.29, 1.82) is 0 Å². The number of hydrogen-bond donors (Lipinski definition) is 6. The molecule has 0 radical (unpaired) electrons. The summed E-state index contributed by atoms with van der Waals surface area (Å²) < 4.78 is 25.4. The van der Waals surface area contributed by atoms with Crippen LogP contribution in [0.25, 0.3) is 32.7 Å². The Morgan fingerprint density at radius 1 is 0.627 bits per heavy atom. The van der Waals surface area contributed by atoms with Gasteiger partial charge >= 0.3 is 11.9 Å². The van der Waals surface area contributed by atoms with Crippen LogP contribution in [-0.2, 0) is 28.7 Å². The third-order valence-electron chi connectivity index (χ3n) is 9.26. The van der Waals surface area contributed by atoms with E-state index in [1.54, 1.807) is 0 Å². The minimum atomic E-state index is -0.829. The summed E-state index contributed by atoms with van der Waals surface area (Å²) in [7, 11) is 2.55. The molecule has 4 rings (SSSR count). The van der Waals surface area contributed by atoms with Crippen LogP contribution in [0, 0.1) is 0 Å². The summed E-state index contributed by atoms with van der Waals surface area (Å²) in [5.74, 6) is -0.259. The second-order valence-electron chi connectivity index (χ2n) is 13.5. The molecule has 0 aliphatic rings. The Kier molecular flexibility index (Phi) is 18.8. The Morgan fingerprint density at radius 2 is 1.07 bits per heavy atom. The molecule has 9 N–H and O–H groups in total. The van der Waals surface area contributed by atoms with Crippen molar-refractivity contribution in [2.24, 2.45) is 27.2 Å². The number of nitrogens with one attached hydrogen (secondary N) is 3. The number of nitrogens with two attached hydrogens (primary N) is 3. The first-order chi connectivity index (χ1) is 28.6. The summed E-state index contributed by atoms with van der Waals surface area (Å²) in [4.78, 5) is 58.7. The molecule has 4 aromatic rings. The van der Waals surface area contributed by atoms with Crippen LogP contribution in [-0.4, -0.2) is 88.3 Å². The molecule has 2 amide bonds. The first-order valence-corrected chi connectivity index (χ1v) is 20.4. The predicted molar refractivity (Wildman–Crippen MR) is 237 cm³/mol. The van der Waals surface area contributed by atoms with Gasteiger partial charge in [-0.1, -0.05) is 60.7 Å². The molecule has 0 saturated carbocycles. The second-order valence-corrected chi connectivity index (χ2v) is 14.0. The zero-order chi connectivity index (χ0) is 42.6. The molecule has 0 spiro atoms. The van der Waals surface area contributed by atoms with Crippen molar-refractivity contribution in [2.75, 3.05) is 40.5 Å². The molecule has 4 aromatic carbocycles. The maximum absolute atomic E-state index is 13.0. The molecule has 0 saturated heterocycles. The van der Waals surface area contributed by atoms with Gasteiger partial charge in [0.1, 0.15) is 23.6 Å². The van der Waals surface area contributed by atoms with E-state index in [0.717, 1.165) is 32.7 Å². The first-order valence-electron chi connectivity index (χ1n) is 19.3. The zero-order valence-electron chi connectivity index (χ0n) is 33.3. The molecule has 0 aliphatic carbocycles. The minimum Gasteiger partial charge on any atom is -0.493 e. The Morgan fingerprint density at radius 3 is 1.49 bits per heavy atom. The van der Waals surface area contributed by atoms with Crippen LogP contribution >= 0.6 is 22.9 Å². The molecule has 0 aliphatic heterocycles. The fourth-order valence-corrected chi connectivity index (χ4v) is 6.60. The van der Waals surface area contributed by atoms with Crippen LogP contribution in [0.2, 0.25) is 0 Å². The van der Waals surface area contributed by atoms with Crippen molar-refractivity contribution in [2.45, 2.75) is 63.5 Å². The molecule has 59 heavy (non-hydrogen) atoms. The van der Waals surface area contributed by atoms with E-state index in [2.05, 4.69) is 24.1 Å². The lowest BCUT2D eigenvalue weighted by Crippen LogP contribution is -2.41. The number of amides is 2. The lowest BCUT2D eigenvalue weighted by Gasteiger charge is -2.20. The van der Waals surface area contributed by atoms with E-state index in [0.29, 0.717) is 63.1 Å². The summed E-state index contributed by atoms with van der Waals surface area (Å²) in [6, 6.07) is 22.1. The van der Waals surface area contributed by atoms with Gasteiger partial charge in [-0.25, -0.2) is 9.59 Å². The standard InChI is InChI=1S/C42H53IN8O8/c1-56-39(54)31(15-7-23-47-41(44)45)49-35(52)17-9-25-58-33-21-19-27-11-3-5-13-29(27)37(33)38-30-14-6-4-12-28(30)20-22-34(38)59-26-10-18-36(53)50-32(40(55)57-2)16-8-24-48-42(46)51-43/h3-6,11-14,19-22,31-32H,7-10,15-18,23-26H2,1-2H3,(H,49,52)(H,50,53)(H4,44,45,47)(H3,46,48,51)/t31-,32-/m1/s1. The van der Waals surface area contributed by atoms with Crippen molar-refractivity contribution >= 4 is 80.1 Å². The van der Waals surface area contributed by atoms with Crippen molar-refractivity contribution in [1.82, 2.24) is 14.2 Å². The summed E-state index contributed by atoms with van der Waals surface area (Å²) in [5, 5.41) is 9.41. The molecule has 0 heterocycles.